The Balaban J connectivity index is 2.68. The van der Waals surface area contributed by atoms with E-state index in [0.717, 1.165) is 12.3 Å². The summed E-state index contributed by atoms with van der Waals surface area (Å²) in [5.74, 6) is 0.938. The number of hydrogen-bond acceptors (Lipinski definition) is 2. The maximum atomic E-state index is 5.56. The minimum absolute atomic E-state index is 0.241. The molecule has 2 heteroatoms. The van der Waals surface area contributed by atoms with Crippen molar-refractivity contribution >= 4 is 5.69 Å². The molecule has 0 atom stereocenters. The summed E-state index contributed by atoms with van der Waals surface area (Å²) >= 11 is 0. The molecule has 0 aromatic heterocycles. The minimum atomic E-state index is 0.241. The van der Waals surface area contributed by atoms with E-state index in [2.05, 4.69) is 31.0 Å². The molecule has 0 aliphatic heterocycles. The summed E-state index contributed by atoms with van der Waals surface area (Å²) in [7, 11) is 2.08. The van der Waals surface area contributed by atoms with Crippen molar-refractivity contribution in [3.05, 3.63) is 24.3 Å². The predicted octanol–water partition coefficient (Wildman–Crippen LogP) is 2.93. The molecular formula is C12H19NO. The zero-order valence-electron chi connectivity index (χ0n) is 9.45. The van der Waals surface area contributed by atoms with Gasteiger partial charge in [0.15, 0.2) is 0 Å². The van der Waals surface area contributed by atoms with E-state index in [4.69, 9.17) is 4.74 Å². The molecule has 0 saturated carbocycles. The first kappa shape index (κ1) is 10.9. The molecule has 0 unspecified atom stereocenters. The molecule has 0 radical (unpaired) electrons. The molecule has 0 aliphatic rings. The molecular weight excluding hydrogens is 174 g/mol. The standard InChI is InChI=1S/C12H19NO/c1-5-13(4)11-6-8-12(9-7-11)14-10(2)3/h6-10H,5H2,1-4H3. The van der Waals surface area contributed by atoms with Gasteiger partial charge in [0.25, 0.3) is 0 Å². The summed E-state index contributed by atoms with van der Waals surface area (Å²) in [6.07, 6.45) is 0.241. The fourth-order valence-electron chi connectivity index (χ4n) is 1.23. The summed E-state index contributed by atoms with van der Waals surface area (Å²) < 4.78 is 5.56. The van der Waals surface area contributed by atoms with Crippen LogP contribution >= 0.6 is 0 Å². The number of anilines is 1. The van der Waals surface area contributed by atoms with Gasteiger partial charge in [0.2, 0.25) is 0 Å². The van der Waals surface area contributed by atoms with Crippen LogP contribution in [-0.2, 0) is 0 Å². The largest absolute Gasteiger partial charge is 0.491 e. The third kappa shape index (κ3) is 2.95. The highest BCUT2D eigenvalue weighted by Gasteiger charge is 1.99. The average Bonchev–Trinajstić information content (AvgIpc) is 2.17. The maximum absolute atomic E-state index is 5.56. The zero-order valence-corrected chi connectivity index (χ0v) is 9.45. The molecule has 0 spiro atoms. The average molecular weight is 193 g/mol. The number of rotatable bonds is 4. The Morgan fingerprint density at radius 1 is 1.21 bits per heavy atom. The van der Waals surface area contributed by atoms with Crippen molar-refractivity contribution in [2.45, 2.75) is 26.9 Å². The highest BCUT2D eigenvalue weighted by atomic mass is 16.5. The van der Waals surface area contributed by atoms with E-state index in [-0.39, 0.29) is 6.10 Å². The monoisotopic (exact) mass is 193 g/mol. The van der Waals surface area contributed by atoms with E-state index in [1.54, 1.807) is 0 Å². The van der Waals surface area contributed by atoms with Crippen LogP contribution in [0.4, 0.5) is 5.69 Å². The molecule has 1 rings (SSSR count). The van der Waals surface area contributed by atoms with Gasteiger partial charge in [0, 0.05) is 19.3 Å². The van der Waals surface area contributed by atoms with Crippen LogP contribution in [0.1, 0.15) is 20.8 Å². The molecule has 78 valence electrons. The first-order valence-electron chi connectivity index (χ1n) is 5.11. The lowest BCUT2D eigenvalue weighted by Crippen LogP contribution is -2.15. The Morgan fingerprint density at radius 3 is 2.21 bits per heavy atom. The molecule has 0 heterocycles. The van der Waals surface area contributed by atoms with Crippen molar-refractivity contribution < 1.29 is 4.74 Å². The van der Waals surface area contributed by atoms with E-state index < -0.39 is 0 Å². The number of benzene rings is 1. The Hall–Kier alpha value is -1.18. The van der Waals surface area contributed by atoms with Crippen LogP contribution in [-0.4, -0.2) is 19.7 Å². The van der Waals surface area contributed by atoms with Crippen molar-refractivity contribution in [2.24, 2.45) is 0 Å². The van der Waals surface area contributed by atoms with Gasteiger partial charge in [-0.15, -0.1) is 0 Å². The number of ether oxygens (including phenoxy) is 1. The van der Waals surface area contributed by atoms with Crippen LogP contribution in [0.5, 0.6) is 5.75 Å². The van der Waals surface area contributed by atoms with Crippen LogP contribution in [0.2, 0.25) is 0 Å². The maximum Gasteiger partial charge on any atom is 0.119 e. The molecule has 1 aromatic carbocycles. The highest BCUT2D eigenvalue weighted by molar-refractivity contribution is 5.48. The van der Waals surface area contributed by atoms with Gasteiger partial charge in [-0.25, -0.2) is 0 Å². The summed E-state index contributed by atoms with van der Waals surface area (Å²) in [6.45, 7) is 7.22. The second-order valence-corrected chi connectivity index (χ2v) is 3.67. The smallest absolute Gasteiger partial charge is 0.119 e. The fourth-order valence-corrected chi connectivity index (χ4v) is 1.23. The third-order valence-electron chi connectivity index (χ3n) is 2.12. The Bertz CT molecular complexity index is 266. The Kier molecular flexibility index (Phi) is 3.81. The molecule has 2 nitrogen and oxygen atoms in total. The Morgan fingerprint density at radius 2 is 1.79 bits per heavy atom. The number of hydrogen-bond donors (Lipinski definition) is 0. The molecule has 1 aromatic rings. The van der Waals surface area contributed by atoms with Crippen molar-refractivity contribution in [3.8, 4) is 5.75 Å². The first-order chi connectivity index (χ1) is 6.63. The summed E-state index contributed by atoms with van der Waals surface area (Å²) in [6, 6.07) is 8.20. The second kappa shape index (κ2) is 4.89. The summed E-state index contributed by atoms with van der Waals surface area (Å²) in [4.78, 5) is 2.19. The first-order valence-corrected chi connectivity index (χ1v) is 5.11. The Labute approximate surface area is 86.5 Å². The van der Waals surface area contributed by atoms with Gasteiger partial charge in [-0.05, 0) is 45.0 Å². The normalized spacial score (nSPS) is 10.4. The van der Waals surface area contributed by atoms with Gasteiger partial charge in [0.05, 0.1) is 6.10 Å². The lowest BCUT2D eigenvalue weighted by Gasteiger charge is -2.17. The molecule has 14 heavy (non-hydrogen) atoms. The molecule has 0 amide bonds. The van der Waals surface area contributed by atoms with Crippen LogP contribution in [0.25, 0.3) is 0 Å². The van der Waals surface area contributed by atoms with Gasteiger partial charge < -0.3 is 9.64 Å². The van der Waals surface area contributed by atoms with E-state index in [1.165, 1.54) is 5.69 Å². The van der Waals surface area contributed by atoms with Crippen LogP contribution in [0.3, 0.4) is 0 Å². The lowest BCUT2D eigenvalue weighted by atomic mass is 10.3. The molecule has 0 aliphatic carbocycles. The lowest BCUT2D eigenvalue weighted by molar-refractivity contribution is 0.242. The van der Waals surface area contributed by atoms with Crippen molar-refractivity contribution in [3.63, 3.8) is 0 Å². The van der Waals surface area contributed by atoms with Gasteiger partial charge in [-0.1, -0.05) is 0 Å². The van der Waals surface area contributed by atoms with Gasteiger partial charge in [0.1, 0.15) is 5.75 Å². The molecule has 0 bridgehead atoms. The zero-order chi connectivity index (χ0) is 10.6. The SMILES string of the molecule is CCN(C)c1ccc(OC(C)C)cc1. The van der Waals surface area contributed by atoms with Crippen molar-refractivity contribution in [1.82, 2.24) is 0 Å². The third-order valence-corrected chi connectivity index (χ3v) is 2.12. The van der Waals surface area contributed by atoms with Crippen LogP contribution in [0, 0.1) is 0 Å². The van der Waals surface area contributed by atoms with E-state index in [1.807, 2.05) is 26.0 Å². The van der Waals surface area contributed by atoms with Gasteiger partial charge >= 0.3 is 0 Å². The van der Waals surface area contributed by atoms with E-state index >= 15 is 0 Å². The van der Waals surface area contributed by atoms with E-state index in [0.29, 0.717) is 0 Å². The van der Waals surface area contributed by atoms with Crippen molar-refractivity contribution in [1.29, 1.82) is 0 Å². The minimum Gasteiger partial charge on any atom is -0.491 e. The number of nitrogens with zero attached hydrogens (tertiary/aromatic N) is 1. The fraction of sp³-hybridized carbons (Fsp3) is 0.500. The summed E-state index contributed by atoms with van der Waals surface area (Å²) in [5, 5.41) is 0. The highest BCUT2D eigenvalue weighted by Crippen LogP contribution is 2.18. The van der Waals surface area contributed by atoms with Gasteiger partial charge in [-0.3, -0.25) is 0 Å². The van der Waals surface area contributed by atoms with E-state index in [9.17, 15) is 0 Å². The second-order valence-electron chi connectivity index (χ2n) is 3.67. The molecule has 0 N–H and O–H groups in total. The van der Waals surface area contributed by atoms with Crippen LogP contribution in [0.15, 0.2) is 24.3 Å². The molecule has 0 fully saturated rings. The van der Waals surface area contributed by atoms with Crippen LogP contribution < -0.4 is 9.64 Å². The molecule has 0 saturated heterocycles. The topological polar surface area (TPSA) is 12.5 Å². The van der Waals surface area contributed by atoms with Crippen molar-refractivity contribution in [2.75, 3.05) is 18.5 Å². The van der Waals surface area contributed by atoms with Gasteiger partial charge in [-0.2, -0.15) is 0 Å². The predicted molar refractivity (Wildman–Crippen MR) is 61.2 cm³/mol. The summed E-state index contributed by atoms with van der Waals surface area (Å²) in [5.41, 5.74) is 1.23. The quantitative estimate of drug-likeness (QED) is 0.729.